The van der Waals surface area contributed by atoms with Crippen molar-refractivity contribution in [3.8, 4) is 0 Å². The Bertz CT molecular complexity index is 408. The zero-order valence-corrected chi connectivity index (χ0v) is 10.4. The number of halogens is 11. The number of nitrogens with zero attached hydrogens (tertiary/aromatic N) is 1. The van der Waals surface area contributed by atoms with E-state index in [1.807, 2.05) is 0 Å². The molecule has 0 spiro atoms. The van der Waals surface area contributed by atoms with Gasteiger partial charge in [-0.2, -0.15) is 48.3 Å². The summed E-state index contributed by atoms with van der Waals surface area (Å²) < 4.78 is 137. The van der Waals surface area contributed by atoms with Gasteiger partial charge in [-0.25, -0.2) is 0 Å². The Kier molecular flexibility index (Phi) is 4.93. The van der Waals surface area contributed by atoms with Gasteiger partial charge in [0, 0.05) is 13.1 Å². The molecule has 1 saturated heterocycles. The summed E-state index contributed by atoms with van der Waals surface area (Å²) in [4.78, 5) is -0.511. The van der Waals surface area contributed by atoms with Crippen molar-refractivity contribution in [1.29, 1.82) is 0 Å². The lowest BCUT2D eigenvalue weighted by Gasteiger charge is -2.39. The summed E-state index contributed by atoms with van der Waals surface area (Å²) in [6, 6.07) is 0. The SMILES string of the molecule is F/C(=C(/F)C(F)(F)F)N1CC(C(F)(F)F)CC(C(F)(F)F)C1. The largest absolute Gasteiger partial charge is 0.447 e. The zero-order valence-electron chi connectivity index (χ0n) is 10.4. The number of hydrogen-bond donors (Lipinski definition) is 0. The first-order chi connectivity index (χ1) is 9.64. The molecule has 1 nitrogen and oxygen atoms in total. The van der Waals surface area contributed by atoms with Gasteiger partial charge in [-0.15, -0.1) is 0 Å². The van der Waals surface area contributed by atoms with Crippen LogP contribution < -0.4 is 0 Å². The molecule has 0 amide bonds. The van der Waals surface area contributed by atoms with Gasteiger partial charge in [0.25, 0.3) is 5.83 Å². The monoisotopic (exact) mass is 351 g/mol. The fourth-order valence-electron chi connectivity index (χ4n) is 1.99. The Morgan fingerprint density at radius 1 is 0.727 bits per heavy atom. The van der Waals surface area contributed by atoms with E-state index in [1.165, 1.54) is 0 Å². The summed E-state index contributed by atoms with van der Waals surface area (Å²) in [6.07, 6.45) is -17.7. The molecule has 0 aromatic heterocycles. The minimum absolute atomic E-state index is 0.511. The molecule has 1 heterocycles. The molecule has 2 atom stereocenters. The van der Waals surface area contributed by atoms with Crippen molar-refractivity contribution >= 4 is 0 Å². The van der Waals surface area contributed by atoms with E-state index in [1.54, 1.807) is 0 Å². The summed E-state index contributed by atoms with van der Waals surface area (Å²) in [5.74, 6) is -11.6. The predicted octanol–water partition coefficient (Wildman–Crippen LogP) is 4.72. The minimum Gasteiger partial charge on any atom is -0.345 e. The van der Waals surface area contributed by atoms with Crippen LogP contribution in [0, 0.1) is 11.8 Å². The molecule has 0 aromatic rings. The van der Waals surface area contributed by atoms with Crippen LogP contribution in [-0.4, -0.2) is 36.5 Å². The van der Waals surface area contributed by atoms with Crippen molar-refractivity contribution in [3.05, 3.63) is 11.8 Å². The second-order valence-corrected chi connectivity index (χ2v) is 4.72. The predicted molar refractivity (Wildman–Crippen MR) is 50.6 cm³/mol. The Morgan fingerprint density at radius 2 is 1.09 bits per heavy atom. The van der Waals surface area contributed by atoms with Crippen LogP contribution in [0.15, 0.2) is 11.8 Å². The van der Waals surface area contributed by atoms with E-state index >= 15 is 0 Å². The maximum atomic E-state index is 13.3. The van der Waals surface area contributed by atoms with Gasteiger partial charge in [0.15, 0.2) is 0 Å². The van der Waals surface area contributed by atoms with Crippen LogP contribution in [0.25, 0.3) is 0 Å². The van der Waals surface area contributed by atoms with Crippen LogP contribution in [0.4, 0.5) is 48.3 Å². The summed E-state index contributed by atoms with van der Waals surface area (Å²) in [6.45, 7) is -3.04. The van der Waals surface area contributed by atoms with E-state index < -0.39 is 66.6 Å². The number of allylic oxidation sites excluding steroid dienone is 1. The second kappa shape index (κ2) is 5.76. The van der Waals surface area contributed by atoms with Gasteiger partial charge in [-0.05, 0) is 6.42 Å². The normalized spacial score (nSPS) is 26.0. The lowest BCUT2D eigenvalue weighted by atomic mass is 9.88. The Balaban J connectivity index is 3.14. The third-order valence-electron chi connectivity index (χ3n) is 3.08. The summed E-state index contributed by atoms with van der Waals surface area (Å²) in [5, 5.41) is 0. The van der Waals surface area contributed by atoms with Crippen molar-refractivity contribution in [3.63, 3.8) is 0 Å². The van der Waals surface area contributed by atoms with Gasteiger partial charge >= 0.3 is 18.5 Å². The maximum absolute atomic E-state index is 13.3. The average molecular weight is 351 g/mol. The van der Waals surface area contributed by atoms with Gasteiger partial charge in [0.1, 0.15) is 0 Å². The maximum Gasteiger partial charge on any atom is 0.447 e. The third kappa shape index (κ3) is 4.38. The van der Waals surface area contributed by atoms with Crippen LogP contribution in [-0.2, 0) is 0 Å². The minimum atomic E-state index is -5.84. The first kappa shape index (κ1) is 18.8. The number of rotatable bonds is 1. The molecule has 0 N–H and O–H groups in total. The number of hydrogen-bond acceptors (Lipinski definition) is 1. The van der Waals surface area contributed by atoms with Gasteiger partial charge in [0.2, 0.25) is 5.95 Å². The molecule has 0 radical (unpaired) electrons. The fourth-order valence-corrected chi connectivity index (χ4v) is 1.99. The fraction of sp³-hybridized carbons (Fsp3) is 0.800. The first-order valence-electron chi connectivity index (χ1n) is 5.65. The Hall–Kier alpha value is -1.23. The van der Waals surface area contributed by atoms with E-state index in [9.17, 15) is 48.3 Å². The molecular weight excluding hydrogens is 343 g/mol. The first-order valence-corrected chi connectivity index (χ1v) is 5.65. The highest BCUT2D eigenvalue weighted by molar-refractivity contribution is 5.07. The van der Waals surface area contributed by atoms with Crippen LogP contribution in [0.1, 0.15) is 6.42 Å². The van der Waals surface area contributed by atoms with Crippen molar-refractivity contribution in [1.82, 2.24) is 4.90 Å². The number of alkyl halides is 9. The van der Waals surface area contributed by atoms with E-state index in [2.05, 4.69) is 0 Å². The lowest BCUT2D eigenvalue weighted by Crippen LogP contribution is -2.49. The Morgan fingerprint density at radius 3 is 1.36 bits per heavy atom. The molecular formula is C10H8F11N. The molecule has 0 aliphatic carbocycles. The molecule has 22 heavy (non-hydrogen) atoms. The van der Waals surface area contributed by atoms with E-state index in [-0.39, 0.29) is 0 Å². The van der Waals surface area contributed by atoms with Gasteiger partial charge < -0.3 is 4.90 Å². The van der Waals surface area contributed by atoms with Gasteiger partial charge in [-0.3, -0.25) is 0 Å². The summed E-state index contributed by atoms with van der Waals surface area (Å²) in [7, 11) is 0. The summed E-state index contributed by atoms with van der Waals surface area (Å²) >= 11 is 0. The van der Waals surface area contributed by atoms with Gasteiger partial charge in [0.05, 0.1) is 11.8 Å². The highest BCUT2D eigenvalue weighted by Crippen LogP contribution is 2.43. The highest BCUT2D eigenvalue weighted by atomic mass is 19.4. The molecule has 130 valence electrons. The average Bonchev–Trinajstić information content (AvgIpc) is 2.33. The Labute approximate surface area is 116 Å². The van der Waals surface area contributed by atoms with Crippen molar-refractivity contribution in [2.45, 2.75) is 24.9 Å². The molecule has 0 saturated carbocycles. The van der Waals surface area contributed by atoms with Crippen LogP contribution in [0.3, 0.4) is 0 Å². The molecule has 1 aliphatic rings. The number of piperidine rings is 1. The van der Waals surface area contributed by atoms with Crippen LogP contribution >= 0.6 is 0 Å². The lowest BCUT2D eigenvalue weighted by molar-refractivity contribution is -0.230. The molecule has 0 aromatic carbocycles. The standard InChI is InChI=1S/C10H8F11N/c11-6(10(19,20)21)7(12)22-2-4(8(13,14)15)1-5(3-22)9(16,17)18/h4-5H,1-3H2/b7-6-. The highest BCUT2D eigenvalue weighted by Gasteiger charge is 2.53. The van der Waals surface area contributed by atoms with E-state index in [0.29, 0.717) is 0 Å². The quantitative estimate of drug-likeness (QED) is 0.488. The molecule has 1 aliphatic heterocycles. The molecule has 0 bridgehead atoms. The number of likely N-dealkylation sites (tertiary alicyclic amines) is 1. The van der Waals surface area contributed by atoms with Crippen molar-refractivity contribution in [2.75, 3.05) is 13.1 Å². The molecule has 1 rings (SSSR count). The van der Waals surface area contributed by atoms with Gasteiger partial charge in [-0.1, -0.05) is 0 Å². The molecule has 12 heteroatoms. The zero-order chi connectivity index (χ0) is 17.5. The topological polar surface area (TPSA) is 3.24 Å². The summed E-state index contributed by atoms with van der Waals surface area (Å²) in [5.41, 5.74) is 0. The third-order valence-corrected chi connectivity index (χ3v) is 3.08. The second-order valence-electron chi connectivity index (χ2n) is 4.72. The van der Waals surface area contributed by atoms with Crippen molar-refractivity contribution in [2.24, 2.45) is 11.8 Å². The molecule has 1 fully saturated rings. The van der Waals surface area contributed by atoms with Crippen molar-refractivity contribution < 1.29 is 48.3 Å². The van der Waals surface area contributed by atoms with E-state index in [0.717, 1.165) is 0 Å². The smallest absolute Gasteiger partial charge is 0.345 e. The molecule has 2 unspecified atom stereocenters. The van der Waals surface area contributed by atoms with Crippen LogP contribution in [0.5, 0.6) is 0 Å². The van der Waals surface area contributed by atoms with Crippen LogP contribution in [0.2, 0.25) is 0 Å². The van der Waals surface area contributed by atoms with E-state index in [4.69, 9.17) is 0 Å².